The largest absolute Gasteiger partial charge is 0.378 e. The quantitative estimate of drug-likeness (QED) is 0.855. The molecule has 1 atom stereocenters. The van der Waals surface area contributed by atoms with E-state index >= 15 is 0 Å². The van der Waals surface area contributed by atoms with Crippen LogP contribution in [-0.2, 0) is 22.5 Å². The van der Waals surface area contributed by atoms with Crippen LogP contribution in [0.2, 0.25) is 0 Å². The molecule has 0 spiro atoms. The molecule has 2 rings (SSSR count). The molecule has 1 heterocycles. The van der Waals surface area contributed by atoms with E-state index < -0.39 is 0 Å². The van der Waals surface area contributed by atoms with E-state index in [9.17, 15) is 4.79 Å². The summed E-state index contributed by atoms with van der Waals surface area (Å²) in [5.74, 6) is 0.126. The molecule has 3 nitrogen and oxygen atoms in total. The maximum Gasteiger partial charge on any atom is 0.220 e. The molecule has 1 unspecified atom stereocenters. The second kappa shape index (κ2) is 7.29. The maximum absolute atomic E-state index is 11.8. The number of nitrogens with one attached hydrogen (secondary N) is 1. The second-order valence-corrected chi connectivity index (χ2v) is 5.07. The first-order valence-electron chi connectivity index (χ1n) is 7.24. The Morgan fingerprint density at radius 2 is 2.16 bits per heavy atom. The van der Waals surface area contributed by atoms with Gasteiger partial charge in [0.2, 0.25) is 5.91 Å². The van der Waals surface area contributed by atoms with Gasteiger partial charge in [-0.05, 0) is 36.8 Å². The Bertz CT molecular complexity index is 411. The minimum Gasteiger partial charge on any atom is -0.378 e. The van der Waals surface area contributed by atoms with Crippen molar-refractivity contribution in [1.29, 1.82) is 0 Å². The molecular weight excluding hydrogens is 238 g/mol. The Hall–Kier alpha value is -1.35. The van der Waals surface area contributed by atoms with Gasteiger partial charge in [0.1, 0.15) is 0 Å². The van der Waals surface area contributed by atoms with E-state index in [1.54, 1.807) is 0 Å². The molecule has 1 aromatic carbocycles. The highest BCUT2D eigenvalue weighted by molar-refractivity contribution is 5.75. The zero-order valence-electron chi connectivity index (χ0n) is 11.7. The summed E-state index contributed by atoms with van der Waals surface area (Å²) in [6.07, 6.45) is 4.96. The number of hydrogen-bond donors (Lipinski definition) is 1. The van der Waals surface area contributed by atoms with Gasteiger partial charge in [0, 0.05) is 19.6 Å². The molecule has 1 aromatic rings. The van der Waals surface area contributed by atoms with Gasteiger partial charge in [-0.25, -0.2) is 0 Å². The summed E-state index contributed by atoms with van der Waals surface area (Å²) in [7, 11) is 0. The first-order chi connectivity index (χ1) is 9.29. The van der Waals surface area contributed by atoms with Crippen LogP contribution >= 0.6 is 0 Å². The Morgan fingerprint density at radius 3 is 2.84 bits per heavy atom. The molecule has 0 radical (unpaired) electrons. The van der Waals surface area contributed by atoms with Crippen LogP contribution in [0.1, 0.15) is 43.7 Å². The number of benzene rings is 1. The molecule has 1 aliphatic rings. The van der Waals surface area contributed by atoms with E-state index in [1.807, 2.05) is 12.1 Å². The predicted octanol–water partition coefficient (Wildman–Crippen LogP) is 2.82. The van der Waals surface area contributed by atoms with Crippen LogP contribution in [0.3, 0.4) is 0 Å². The van der Waals surface area contributed by atoms with E-state index in [-0.39, 0.29) is 5.91 Å². The third-order valence-electron chi connectivity index (χ3n) is 3.69. The fourth-order valence-electron chi connectivity index (χ4n) is 2.52. The zero-order valence-corrected chi connectivity index (χ0v) is 11.7. The summed E-state index contributed by atoms with van der Waals surface area (Å²) in [6.45, 7) is 3.63. The molecule has 1 amide bonds. The summed E-state index contributed by atoms with van der Waals surface area (Å²) in [5.41, 5.74) is 2.53. The molecule has 1 saturated heterocycles. The monoisotopic (exact) mass is 261 g/mol. The smallest absolute Gasteiger partial charge is 0.220 e. The van der Waals surface area contributed by atoms with Crippen molar-refractivity contribution in [1.82, 2.24) is 5.32 Å². The van der Waals surface area contributed by atoms with Crippen molar-refractivity contribution < 1.29 is 9.53 Å². The SMILES string of the molecule is CCc1ccccc1CNC(=O)CCC1CCCO1. The normalized spacial score (nSPS) is 18.5. The standard InChI is InChI=1S/C16H23NO2/c1-2-13-6-3-4-7-14(13)12-17-16(18)10-9-15-8-5-11-19-15/h3-4,6-7,15H,2,5,8-12H2,1H3,(H,17,18). The molecular formula is C16H23NO2. The van der Waals surface area contributed by atoms with E-state index in [0.29, 0.717) is 19.1 Å². The molecule has 3 heteroatoms. The van der Waals surface area contributed by atoms with Crippen molar-refractivity contribution in [3.8, 4) is 0 Å². The maximum atomic E-state index is 11.8. The highest BCUT2D eigenvalue weighted by Crippen LogP contribution is 2.16. The fourth-order valence-corrected chi connectivity index (χ4v) is 2.52. The van der Waals surface area contributed by atoms with E-state index in [2.05, 4.69) is 24.4 Å². The van der Waals surface area contributed by atoms with Gasteiger partial charge in [0.25, 0.3) is 0 Å². The molecule has 104 valence electrons. The van der Waals surface area contributed by atoms with Gasteiger partial charge in [-0.15, -0.1) is 0 Å². The van der Waals surface area contributed by atoms with E-state index in [0.717, 1.165) is 32.3 Å². The van der Waals surface area contributed by atoms with Crippen LogP contribution in [0.25, 0.3) is 0 Å². The highest BCUT2D eigenvalue weighted by Gasteiger charge is 2.16. The van der Waals surface area contributed by atoms with Gasteiger partial charge >= 0.3 is 0 Å². The van der Waals surface area contributed by atoms with E-state index in [4.69, 9.17) is 4.74 Å². The molecule has 1 aliphatic heterocycles. The first-order valence-corrected chi connectivity index (χ1v) is 7.24. The lowest BCUT2D eigenvalue weighted by Crippen LogP contribution is -2.24. The lowest BCUT2D eigenvalue weighted by Gasteiger charge is -2.11. The van der Waals surface area contributed by atoms with Crippen LogP contribution in [0.5, 0.6) is 0 Å². The van der Waals surface area contributed by atoms with Crippen molar-refractivity contribution in [2.75, 3.05) is 6.61 Å². The lowest BCUT2D eigenvalue weighted by molar-refractivity contribution is -0.121. The first kappa shape index (κ1) is 14.1. The van der Waals surface area contributed by atoms with Gasteiger partial charge in [-0.2, -0.15) is 0 Å². The minimum atomic E-state index is 0.126. The van der Waals surface area contributed by atoms with Crippen molar-refractivity contribution in [2.45, 2.75) is 51.7 Å². The van der Waals surface area contributed by atoms with Crippen molar-refractivity contribution in [3.05, 3.63) is 35.4 Å². The molecule has 19 heavy (non-hydrogen) atoms. The molecule has 0 bridgehead atoms. The predicted molar refractivity (Wildman–Crippen MR) is 75.9 cm³/mol. The van der Waals surface area contributed by atoms with Gasteiger partial charge < -0.3 is 10.1 Å². The van der Waals surface area contributed by atoms with Crippen molar-refractivity contribution >= 4 is 5.91 Å². The summed E-state index contributed by atoms with van der Waals surface area (Å²) >= 11 is 0. The third kappa shape index (κ3) is 4.35. The summed E-state index contributed by atoms with van der Waals surface area (Å²) in [4.78, 5) is 11.8. The van der Waals surface area contributed by atoms with Crippen LogP contribution in [0.15, 0.2) is 24.3 Å². The third-order valence-corrected chi connectivity index (χ3v) is 3.69. The fraction of sp³-hybridized carbons (Fsp3) is 0.562. The Morgan fingerprint density at radius 1 is 1.37 bits per heavy atom. The van der Waals surface area contributed by atoms with Crippen molar-refractivity contribution in [3.63, 3.8) is 0 Å². The molecule has 0 aliphatic carbocycles. The Labute approximate surface area is 115 Å². The number of aryl methyl sites for hydroxylation is 1. The van der Waals surface area contributed by atoms with Crippen molar-refractivity contribution in [2.24, 2.45) is 0 Å². The number of carbonyl (C=O) groups is 1. The average molecular weight is 261 g/mol. The number of amides is 1. The van der Waals surface area contributed by atoms with E-state index in [1.165, 1.54) is 11.1 Å². The molecule has 1 N–H and O–H groups in total. The summed E-state index contributed by atoms with van der Waals surface area (Å²) in [6, 6.07) is 8.27. The Balaban J connectivity index is 1.73. The van der Waals surface area contributed by atoms with Crippen LogP contribution in [0, 0.1) is 0 Å². The topological polar surface area (TPSA) is 38.3 Å². The summed E-state index contributed by atoms with van der Waals surface area (Å²) in [5, 5.41) is 3.00. The number of hydrogen-bond acceptors (Lipinski definition) is 2. The van der Waals surface area contributed by atoms with Crippen LogP contribution in [-0.4, -0.2) is 18.6 Å². The average Bonchev–Trinajstić information content (AvgIpc) is 2.96. The number of carbonyl (C=O) groups excluding carboxylic acids is 1. The number of rotatable bonds is 6. The minimum absolute atomic E-state index is 0.126. The van der Waals surface area contributed by atoms with Gasteiger partial charge in [-0.1, -0.05) is 31.2 Å². The van der Waals surface area contributed by atoms with Gasteiger partial charge in [0.05, 0.1) is 6.10 Å². The molecule has 0 saturated carbocycles. The molecule has 1 fully saturated rings. The van der Waals surface area contributed by atoms with Gasteiger partial charge in [0.15, 0.2) is 0 Å². The Kier molecular flexibility index (Phi) is 5.40. The van der Waals surface area contributed by atoms with Crippen LogP contribution in [0.4, 0.5) is 0 Å². The second-order valence-electron chi connectivity index (χ2n) is 5.07. The van der Waals surface area contributed by atoms with Crippen LogP contribution < -0.4 is 5.32 Å². The summed E-state index contributed by atoms with van der Waals surface area (Å²) < 4.78 is 5.52. The highest BCUT2D eigenvalue weighted by atomic mass is 16.5. The zero-order chi connectivity index (χ0) is 13.5. The van der Waals surface area contributed by atoms with Gasteiger partial charge in [-0.3, -0.25) is 4.79 Å². The molecule has 0 aromatic heterocycles. The number of ether oxygens (including phenoxy) is 1. The lowest BCUT2D eigenvalue weighted by atomic mass is 10.1.